The molecule has 2 rings (SSSR count). The fourth-order valence-corrected chi connectivity index (χ4v) is 1.71. The molecule has 0 atom stereocenters. The Morgan fingerprint density at radius 2 is 2.12 bits per heavy atom. The van der Waals surface area contributed by atoms with Crippen molar-refractivity contribution in [3.8, 4) is 23.1 Å². The van der Waals surface area contributed by atoms with Crippen LogP contribution in [0.5, 0.6) is 5.88 Å². The lowest BCUT2D eigenvalue weighted by molar-refractivity contribution is 0.398. The lowest BCUT2D eigenvalue weighted by atomic mass is 10.0. The number of halogens is 1. The Morgan fingerprint density at radius 3 is 2.82 bits per heavy atom. The van der Waals surface area contributed by atoms with Crippen LogP contribution in [0, 0.1) is 11.3 Å². The van der Waals surface area contributed by atoms with E-state index in [4.69, 9.17) is 21.6 Å². The first-order valence-corrected chi connectivity index (χ1v) is 5.32. The second-order valence-corrected chi connectivity index (χ2v) is 3.83. The number of nitrogens with zero attached hydrogens (tertiary/aromatic N) is 2. The minimum atomic E-state index is 0.506. The molecule has 4 heteroatoms. The van der Waals surface area contributed by atoms with Gasteiger partial charge in [-0.25, -0.2) is 4.98 Å². The summed E-state index contributed by atoms with van der Waals surface area (Å²) in [6, 6.07) is 10.9. The molecule has 3 nitrogen and oxygen atoms in total. The Balaban J connectivity index is 2.59. The predicted octanol–water partition coefficient (Wildman–Crippen LogP) is 3.28. The molecule has 0 unspecified atom stereocenters. The maximum absolute atomic E-state index is 9.06. The van der Waals surface area contributed by atoms with Gasteiger partial charge in [-0.3, -0.25) is 0 Å². The van der Waals surface area contributed by atoms with E-state index in [0.717, 1.165) is 11.1 Å². The fourth-order valence-electron chi connectivity index (χ4n) is 1.54. The van der Waals surface area contributed by atoms with Crippen molar-refractivity contribution in [1.82, 2.24) is 4.98 Å². The number of rotatable bonds is 2. The van der Waals surface area contributed by atoms with Crippen molar-refractivity contribution in [1.29, 1.82) is 5.26 Å². The molecule has 1 aromatic heterocycles. The molecule has 0 saturated heterocycles. The van der Waals surface area contributed by atoms with Crippen molar-refractivity contribution >= 4 is 11.6 Å². The van der Waals surface area contributed by atoms with Crippen molar-refractivity contribution in [3.05, 3.63) is 47.1 Å². The van der Waals surface area contributed by atoms with Gasteiger partial charge in [0.25, 0.3) is 0 Å². The maximum atomic E-state index is 9.06. The molecule has 17 heavy (non-hydrogen) atoms. The number of methoxy groups -OCH3 is 1. The second kappa shape index (κ2) is 4.86. The number of nitriles is 1. The first-order chi connectivity index (χ1) is 8.24. The zero-order chi connectivity index (χ0) is 12.3. The van der Waals surface area contributed by atoms with Gasteiger partial charge in [0.2, 0.25) is 5.88 Å². The highest BCUT2D eigenvalue weighted by atomic mass is 35.5. The van der Waals surface area contributed by atoms with E-state index in [2.05, 4.69) is 11.1 Å². The van der Waals surface area contributed by atoms with Crippen molar-refractivity contribution in [2.45, 2.75) is 0 Å². The van der Waals surface area contributed by atoms with Gasteiger partial charge in [-0.15, -0.1) is 0 Å². The molecule has 0 amide bonds. The van der Waals surface area contributed by atoms with Gasteiger partial charge in [-0.1, -0.05) is 11.6 Å². The number of aromatic nitrogens is 1. The number of ether oxygens (including phenoxy) is 1. The predicted molar refractivity (Wildman–Crippen MR) is 66.0 cm³/mol. The molecular weight excluding hydrogens is 236 g/mol. The van der Waals surface area contributed by atoms with Crippen LogP contribution < -0.4 is 4.74 Å². The average molecular weight is 245 g/mol. The van der Waals surface area contributed by atoms with Crippen LogP contribution in [0.3, 0.4) is 0 Å². The molecule has 0 aliphatic heterocycles. The molecule has 0 spiro atoms. The highest BCUT2D eigenvalue weighted by molar-refractivity contribution is 6.30. The Kier molecular flexibility index (Phi) is 3.27. The van der Waals surface area contributed by atoms with E-state index in [1.165, 1.54) is 0 Å². The van der Waals surface area contributed by atoms with E-state index in [1.54, 1.807) is 37.6 Å². The van der Waals surface area contributed by atoms with Gasteiger partial charge in [-0.05, 0) is 29.8 Å². The van der Waals surface area contributed by atoms with Gasteiger partial charge in [0.1, 0.15) is 0 Å². The normalized spacial score (nSPS) is 9.71. The van der Waals surface area contributed by atoms with Crippen LogP contribution in [0.15, 0.2) is 36.5 Å². The Bertz CT molecular complexity index is 590. The lowest BCUT2D eigenvalue weighted by Gasteiger charge is -2.06. The fraction of sp³-hybridized carbons (Fsp3) is 0.0769. The molecule has 0 N–H and O–H groups in total. The van der Waals surface area contributed by atoms with Gasteiger partial charge in [0.15, 0.2) is 0 Å². The third-order valence-electron chi connectivity index (χ3n) is 2.36. The Morgan fingerprint density at radius 1 is 1.29 bits per heavy atom. The summed E-state index contributed by atoms with van der Waals surface area (Å²) < 4.78 is 5.05. The molecule has 0 saturated carbocycles. The molecule has 0 fully saturated rings. The lowest BCUT2D eigenvalue weighted by Crippen LogP contribution is -1.89. The van der Waals surface area contributed by atoms with Crippen LogP contribution in [0.1, 0.15) is 5.56 Å². The van der Waals surface area contributed by atoms with E-state index >= 15 is 0 Å². The summed E-state index contributed by atoms with van der Waals surface area (Å²) in [5.74, 6) is 0.506. The SMILES string of the molecule is COc1cc(-c2cc(Cl)ccc2C#N)ccn1. The summed E-state index contributed by atoms with van der Waals surface area (Å²) in [7, 11) is 1.55. The zero-order valence-electron chi connectivity index (χ0n) is 9.14. The van der Waals surface area contributed by atoms with Crippen LogP contribution in [-0.2, 0) is 0 Å². The molecule has 1 aromatic carbocycles. The van der Waals surface area contributed by atoms with Crippen molar-refractivity contribution in [2.75, 3.05) is 7.11 Å². The molecule has 2 aromatic rings. The highest BCUT2D eigenvalue weighted by Crippen LogP contribution is 2.28. The Hall–Kier alpha value is -2.05. The van der Waals surface area contributed by atoms with Crippen LogP contribution >= 0.6 is 11.6 Å². The van der Waals surface area contributed by atoms with Crippen molar-refractivity contribution < 1.29 is 4.74 Å². The van der Waals surface area contributed by atoms with Crippen molar-refractivity contribution in [2.24, 2.45) is 0 Å². The quantitative estimate of drug-likeness (QED) is 0.814. The summed E-state index contributed by atoms with van der Waals surface area (Å²) >= 11 is 5.94. The van der Waals surface area contributed by atoms with Gasteiger partial charge < -0.3 is 4.74 Å². The third kappa shape index (κ3) is 2.38. The van der Waals surface area contributed by atoms with Crippen LogP contribution in [0.4, 0.5) is 0 Å². The minimum Gasteiger partial charge on any atom is -0.481 e. The molecule has 1 heterocycles. The van der Waals surface area contributed by atoms with Gasteiger partial charge in [0.05, 0.1) is 18.7 Å². The molecule has 0 radical (unpaired) electrons. The number of pyridine rings is 1. The number of hydrogen-bond acceptors (Lipinski definition) is 3. The van der Waals surface area contributed by atoms with E-state index in [9.17, 15) is 0 Å². The first kappa shape index (κ1) is 11.4. The summed E-state index contributed by atoms with van der Waals surface area (Å²) in [6.45, 7) is 0. The molecular formula is C13H9ClN2O. The smallest absolute Gasteiger partial charge is 0.213 e. The maximum Gasteiger partial charge on any atom is 0.213 e. The highest BCUT2D eigenvalue weighted by Gasteiger charge is 2.07. The van der Waals surface area contributed by atoms with Gasteiger partial charge in [0, 0.05) is 22.8 Å². The third-order valence-corrected chi connectivity index (χ3v) is 2.59. The van der Waals surface area contributed by atoms with E-state index in [-0.39, 0.29) is 0 Å². The van der Waals surface area contributed by atoms with Gasteiger partial charge in [-0.2, -0.15) is 5.26 Å². The largest absolute Gasteiger partial charge is 0.481 e. The number of benzene rings is 1. The van der Waals surface area contributed by atoms with Gasteiger partial charge >= 0.3 is 0 Å². The summed E-state index contributed by atoms with van der Waals surface area (Å²) in [6.07, 6.45) is 1.64. The van der Waals surface area contributed by atoms with E-state index in [1.807, 2.05) is 6.07 Å². The summed E-state index contributed by atoms with van der Waals surface area (Å²) in [5.41, 5.74) is 2.21. The van der Waals surface area contributed by atoms with E-state index < -0.39 is 0 Å². The first-order valence-electron chi connectivity index (χ1n) is 4.94. The molecule has 0 bridgehead atoms. The van der Waals surface area contributed by atoms with Crippen molar-refractivity contribution in [3.63, 3.8) is 0 Å². The Labute approximate surface area is 104 Å². The van der Waals surface area contributed by atoms with E-state index in [0.29, 0.717) is 16.5 Å². The van der Waals surface area contributed by atoms with Crippen LogP contribution in [0.25, 0.3) is 11.1 Å². The second-order valence-electron chi connectivity index (χ2n) is 3.39. The van der Waals surface area contributed by atoms with Crippen LogP contribution in [-0.4, -0.2) is 12.1 Å². The van der Waals surface area contributed by atoms with Crippen LogP contribution in [0.2, 0.25) is 5.02 Å². The zero-order valence-corrected chi connectivity index (χ0v) is 9.90. The molecule has 0 aliphatic carbocycles. The molecule has 84 valence electrons. The number of hydrogen-bond donors (Lipinski definition) is 0. The topological polar surface area (TPSA) is 45.9 Å². The molecule has 0 aliphatic rings. The minimum absolute atomic E-state index is 0.506. The average Bonchev–Trinajstić information content (AvgIpc) is 2.39. The monoisotopic (exact) mass is 244 g/mol. The summed E-state index contributed by atoms with van der Waals surface area (Å²) in [4.78, 5) is 4.02. The summed E-state index contributed by atoms with van der Waals surface area (Å²) in [5, 5.41) is 9.65. The standard InChI is InChI=1S/C13H9ClN2O/c1-17-13-6-9(4-5-16-13)12-7-11(14)3-2-10(12)8-15/h2-7H,1H3.